The number of carbonyl (C=O) groups is 1. The van der Waals surface area contributed by atoms with Gasteiger partial charge in [0.25, 0.3) is 5.91 Å². The lowest BCUT2D eigenvalue weighted by molar-refractivity contribution is 0.0902. The van der Waals surface area contributed by atoms with Gasteiger partial charge in [0.1, 0.15) is 4.88 Å². The molecule has 0 saturated carbocycles. The highest BCUT2D eigenvalue weighted by Crippen LogP contribution is 2.23. The van der Waals surface area contributed by atoms with Crippen molar-refractivity contribution in [3.8, 4) is 0 Å². The topological polar surface area (TPSA) is 55.1 Å². The first-order valence-corrected chi connectivity index (χ1v) is 6.89. The maximum atomic E-state index is 12.0. The summed E-state index contributed by atoms with van der Waals surface area (Å²) in [6, 6.07) is 1.73. The molecule has 0 radical (unpaired) electrons. The highest BCUT2D eigenvalue weighted by molar-refractivity contribution is 7.12. The summed E-state index contributed by atoms with van der Waals surface area (Å²) in [4.78, 5) is 12.6. The van der Waals surface area contributed by atoms with Gasteiger partial charge in [0.05, 0.1) is 10.6 Å². The number of carbonyl (C=O) groups excluding carboxylic acids is 1. The minimum atomic E-state index is -0.376. The van der Waals surface area contributed by atoms with Gasteiger partial charge in [-0.1, -0.05) is 25.4 Å². The van der Waals surface area contributed by atoms with Crippen molar-refractivity contribution in [2.45, 2.75) is 32.7 Å². The van der Waals surface area contributed by atoms with Crippen molar-refractivity contribution in [3.05, 3.63) is 21.3 Å². The third kappa shape index (κ3) is 4.76. The molecule has 1 aromatic rings. The molecule has 6 heteroatoms. The fraction of sp³-hybridized carbons (Fsp3) is 0.583. The molecule has 0 aliphatic heterocycles. The molecule has 104 valence electrons. The van der Waals surface area contributed by atoms with Crippen molar-refractivity contribution in [2.75, 3.05) is 6.54 Å². The number of rotatable bonds is 5. The van der Waals surface area contributed by atoms with Crippen molar-refractivity contribution >= 4 is 41.3 Å². The summed E-state index contributed by atoms with van der Waals surface area (Å²) in [5.41, 5.74) is 5.37. The monoisotopic (exact) mass is 310 g/mol. The van der Waals surface area contributed by atoms with E-state index >= 15 is 0 Å². The van der Waals surface area contributed by atoms with Gasteiger partial charge >= 0.3 is 0 Å². The van der Waals surface area contributed by atoms with Gasteiger partial charge < -0.3 is 11.1 Å². The minimum Gasteiger partial charge on any atom is -0.345 e. The van der Waals surface area contributed by atoms with Crippen LogP contribution in [0, 0.1) is 5.92 Å². The number of halogens is 2. The Kier molecular flexibility index (Phi) is 7.22. The fourth-order valence-electron chi connectivity index (χ4n) is 1.87. The molecule has 1 unspecified atom stereocenters. The average molecular weight is 311 g/mol. The fourth-order valence-corrected chi connectivity index (χ4v) is 2.91. The summed E-state index contributed by atoms with van der Waals surface area (Å²) in [6.45, 7) is 6.60. The molecular weight excluding hydrogens is 291 g/mol. The Bertz CT molecular complexity index is 395. The van der Waals surface area contributed by atoms with Crippen LogP contribution in [0.25, 0.3) is 0 Å². The molecule has 0 saturated heterocycles. The van der Waals surface area contributed by atoms with Crippen LogP contribution < -0.4 is 11.1 Å². The van der Waals surface area contributed by atoms with E-state index in [1.165, 1.54) is 11.3 Å². The third-order valence-corrected chi connectivity index (χ3v) is 3.89. The van der Waals surface area contributed by atoms with Crippen LogP contribution in [0.2, 0.25) is 5.02 Å². The molecule has 0 aromatic carbocycles. The molecule has 0 fully saturated rings. The molecule has 3 nitrogen and oxygen atoms in total. The lowest BCUT2D eigenvalue weighted by atomic mass is 9.90. The molecule has 0 aliphatic carbocycles. The van der Waals surface area contributed by atoms with E-state index in [9.17, 15) is 4.79 Å². The van der Waals surface area contributed by atoms with Crippen LogP contribution in [-0.4, -0.2) is 18.0 Å². The first-order chi connectivity index (χ1) is 7.88. The smallest absolute Gasteiger partial charge is 0.263 e. The van der Waals surface area contributed by atoms with Gasteiger partial charge in [0.2, 0.25) is 0 Å². The highest BCUT2D eigenvalue weighted by atomic mass is 35.5. The van der Waals surface area contributed by atoms with Crippen LogP contribution in [0.15, 0.2) is 11.4 Å². The minimum absolute atomic E-state index is 0. The standard InChI is InChI=1S/C12H19ClN2OS.ClH/c1-8(2)6-12(3,7-14)15-11(16)10-9(13)4-5-17-10;/h4-5,8H,6-7,14H2,1-3H3,(H,15,16);1H. The van der Waals surface area contributed by atoms with E-state index in [0.29, 0.717) is 22.4 Å². The molecule has 3 N–H and O–H groups in total. The zero-order valence-corrected chi connectivity index (χ0v) is 13.2. The molecule has 1 rings (SSSR count). The molecule has 1 aromatic heterocycles. The normalized spacial score (nSPS) is 13.9. The first-order valence-electron chi connectivity index (χ1n) is 5.63. The molecule has 0 aliphatic rings. The van der Waals surface area contributed by atoms with Crippen LogP contribution in [0.4, 0.5) is 0 Å². The summed E-state index contributed by atoms with van der Waals surface area (Å²) >= 11 is 7.27. The van der Waals surface area contributed by atoms with Crippen molar-refractivity contribution < 1.29 is 4.79 Å². The molecule has 1 amide bonds. The second-order valence-electron chi connectivity index (χ2n) is 4.91. The number of hydrogen-bond donors (Lipinski definition) is 2. The van der Waals surface area contributed by atoms with Crippen LogP contribution in [0.3, 0.4) is 0 Å². The van der Waals surface area contributed by atoms with Gasteiger partial charge in [0, 0.05) is 6.54 Å². The quantitative estimate of drug-likeness (QED) is 0.876. The second kappa shape index (κ2) is 7.34. The molecule has 1 heterocycles. The van der Waals surface area contributed by atoms with E-state index in [1.807, 2.05) is 6.92 Å². The number of amides is 1. The zero-order chi connectivity index (χ0) is 13.1. The summed E-state index contributed by atoms with van der Waals surface area (Å²) < 4.78 is 0. The van der Waals surface area contributed by atoms with Gasteiger partial charge in [-0.05, 0) is 30.7 Å². The van der Waals surface area contributed by atoms with E-state index in [0.717, 1.165) is 6.42 Å². The Labute approximate surface area is 123 Å². The van der Waals surface area contributed by atoms with Gasteiger partial charge in [0.15, 0.2) is 0 Å². The Morgan fingerprint density at radius 3 is 2.61 bits per heavy atom. The Morgan fingerprint density at radius 1 is 1.61 bits per heavy atom. The first kappa shape index (κ1) is 17.7. The van der Waals surface area contributed by atoms with Crippen LogP contribution in [0.5, 0.6) is 0 Å². The number of nitrogens with two attached hydrogens (primary N) is 1. The maximum absolute atomic E-state index is 12.0. The highest BCUT2D eigenvalue weighted by Gasteiger charge is 2.27. The Morgan fingerprint density at radius 2 is 2.22 bits per heavy atom. The third-order valence-electron chi connectivity index (χ3n) is 2.55. The number of nitrogens with one attached hydrogen (secondary N) is 1. The molecule has 18 heavy (non-hydrogen) atoms. The lowest BCUT2D eigenvalue weighted by Gasteiger charge is -2.31. The molecule has 0 spiro atoms. The maximum Gasteiger partial charge on any atom is 0.263 e. The average Bonchev–Trinajstić information content (AvgIpc) is 2.63. The summed E-state index contributed by atoms with van der Waals surface area (Å²) in [5.74, 6) is 0.334. The predicted octanol–water partition coefficient (Wildman–Crippen LogP) is 3.32. The number of thiophene rings is 1. The van der Waals surface area contributed by atoms with Gasteiger partial charge in [-0.2, -0.15) is 0 Å². The second-order valence-corrected chi connectivity index (χ2v) is 6.24. The van der Waals surface area contributed by atoms with E-state index in [-0.39, 0.29) is 23.9 Å². The van der Waals surface area contributed by atoms with E-state index in [2.05, 4.69) is 19.2 Å². The molecule has 1 atom stereocenters. The van der Waals surface area contributed by atoms with Crippen LogP contribution >= 0.6 is 35.3 Å². The van der Waals surface area contributed by atoms with Crippen LogP contribution in [0.1, 0.15) is 36.9 Å². The summed E-state index contributed by atoms with van der Waals surface area (Å²) in [5, 5.41) is 5.28. The Hall–Kier alpha value is -0.290. The van der Waals surface area contributed by atoms with E-state index in [1.54, 1.807) is 11.4 Å². The lowest BCUT2D eigenvalue weighted by Crippen LogP contribution is -2.52. The van der Waals surface area contributed by atoms with Crippen molar-refractivity contribution in [1.29, 1.82) is 0 Å². The number of hydrogen-bond acceptors (Lipinski definition) is 3. The summed E-state index contributed by atoms with van der Waals surface area (Å²) in [6.07, 6.45) is 0.845. The summed E-state index contributed by atoms with van der Waals surface area (Å²) in [7, 11) is 0. The van der Waals surface area contributed by atoms with Crippen molar-refractivity contribution in [1.82, 2.24) is 5.32 Å². The van der Waals surface area contributed by atoms with Gasteiger partial charge in [-0.15, -0.1) is 23.7 Å². The predicted molar refractivity (Wildman–Crippen MR) is 81.0 cm³/mol. The van der Waals surface area contributed by atoms with Gasteiger partial charge in [-0.25, -0.2) is 0 Å². The van der Waals surface area contributed by atoms with Crippen molar-refractivity contribution in [3.63, 3.8) is 0 Å². The van der Waals surface area contributed by atoms with Crippen LogP contribution in [-0.2, 0) is 0 Å². The van der Waals surface area contributed by atoms with E-state index in [4.69, 9.17) is 17.3 Å². The molecule has 0 bridgehead atoms. The largest absolute Gasteiger partial charge is 0.345 e. The SMILES string of the molecule is CC(C)CC(C)(CN)NC(=O)c1sccc1Cl.Cl. The zero-order valence-electron chi connectivity index (χ0n) is 10.8. The Balaban J connectivity index is 0.00000289. The van der Waals surface area contributed by atoms with E-state index < -0.39 is 0 Å². The molecular formula is C12H20Cl2N2OS. The van der Waals surface area contributed by atoms with Gasteiger partial charge in [-0.3, -0.25) is 4.79 Å². The van der Waals surface area contributed by atoms with Crippen molar-refractivity contribution in [2.24, 2.45) is 11.7 Å².